The molecule has 4 nitrogen and oxygen atoms in total. The Hall–Kier alpha value is -3.58. The van der Waals surface area contributed by atoms with Crippen molar-refractivity contribution >= 4 is 22.6 Å². The normalized spacial score (nSPS) is 11.8. The maximum Gasteiger partial charge on any atom is 0.471 e. The minimum absolute atomic E-state index is 0.0953. The second kappa shape index (κ2) is 9.92. The summed E-state index contributed by atoms with van der Waals surface area (Å²) in [6.45, 7) is 1.99. The average molecular weight is 451 g/mol. The number of nitrogens with zero attached hydrogens (tertiary/aromatic N) is 1. The summed E-state index contributed by atoms with van der Waals surface area (Å²) in [6, 6.07) is 27.4. The van der Waals surface area contributed by atoms with E-state index in [0.717, 1.165) is 16.5 Å². The monoisotopic (exact) mass is 451 g/mol. The second-order valence-electron chi connectivity index (χ2n) is 7.91. The number of benzene rings is 3. The Kier molecular flexibility index (Phi) is 6.79. The van der Waals surface area contributed by atoms with Gasteiger partial charge in [0.1, 0.15) is 5.82 Å². The smallest absolute Gasteiger partial charge is 0.341 e. The van der Waals surface area contributed by atoms with Crippen molar-refractivity contribution in [2.24, 2.45) is 0 Å². The van der Waals surface area contributed by atoms with Gasteiger partial charge >= 0.3 is 12.1 Å². The molecule has 4 rings (SSSR count). The molecule has 0 saturated heterocycles. The lowest BCUT2D eigenvalue weighted by Crippen LogP contribution is -2.30. The maximum absolute atomic E-state index is 12.9. The van der Waals surface area contributed by atoms with Crippen LogP contribution < -0.4 is 5.32 Å². The van der Waals surface area contributed by atoms with Gasteiger partial charge in [0.2, 0.25) is 0 Å². The highest BCUT2D eigenvalue weighted by Crippen LogP contribution is 2.29. The number of H-pyrrole nitrogens is 1. The molecule has 0 aliphatic rings. The van der Waals surface area contributed by atoms with Gasteiger partial charge in [0.05, 0.1) is 0 Å². The highest BCUT2D eigenvalue weighted by molar-refractivity contribution is 5.99. The molecular weight excluding hydrogens is 427 g/mol. The zero-order valence-corrected chi connectivity index (χ0v) is 17.9. The van der Waals surface area contributed by atoms with E-state index in [1.165, 1.54) is 0 Å². The van der Waals surface area contributed by atoms with Gasteiger partial charge in [-0.1, -0.05) is 78.9 Å². The minimum Gasteiger partial charge on any atom is -0.341 e. The number of anilines is 1. The standard InChI is InChI=1S/C26H24F3N3O/c27-26(28,29)25(33)31-24-22(21-13-7-8-14-23(21)30-24)15-16-32(17-19-9-3-1-4-10-19)18-20-11-5-2-6-12-20/h1-14,30H,15-18H2,(H,31,33). The minimum atomic E-state index is -4.96. The highest BCUT2D eigenvalue weighted by Gasteiger charge is 2.39. The molecule has 4 aromatic rings. The summed E-state index contributed by atoms with van der Waals surface area (Å²) in [5.41, 5.74) is 3.65. The SMILES string of the molecule is O=C(Nc1[nH]c2ccccc2c1CCN(Cc1ccccc1)Cc1ccccc1)C(F)(F)F. The lowest BCUT2D eigenvalue weighted by Gasteiger charge is -2.23. The zero-order valence-electron chi connectivity index (χ0n) is 17.9. The van der Waals surface area contributed by atoms with Gasteiger partial charge in [0, 0.05) is 36.1 Å². The van der Waals surface area contributed by atoms with Crippen LogP contribution >= 0.6 is 0 Å². The van der Waals surface area contributed by atoms with Crippen molar-refractivity contribution in [3.63, 3.8) is 0 Å². The van der Waals surface area contributed by atoms with E-state index in [2.05, 4.69) is 34.1 Å². The molecule has 0 spiro atoms. The summed E-state index contributed by atoms with van der Waals surface area (Å²) in [6.07, 6.45) is -4.49. The first kappa shape index (κ1) is 22.6. The first-order valence-electron chi connectivity index (χ1n) is 10.7. The van der Waals surface area contributed by atoms with Crippen LogP contribution in [0.1, 0.15) is 16.7 Å². The predicted molar refractivity (Wildman–Crippen MR) is 124 cm³/mol. The fourth-order valence-electron chi connectivity index (χ4n) is 3.92. The Balaban J connectivity index is 1.59. The summed E-state index contributed by atoms with van der Waals surface area (Å²) >= 11 is 0. The van der Waals surface area contributed by atoms with Crippen LogP contribution in [-0.4, -0.2) is 28.5 Å². The van der Waals surface area contributed by atoms with Crippen molar-refractivity contribution in [2.75, 3.05) is 11.9 Å². The lowest BCUT2D eigenvalue weighted by atomic mass is 10.1. The van der Waals surface area contributed by atoms with Gasteiger partial charge in [-0.15, -0.1) is 0 Å². The molecule has 1 amide bonds. The predicted octanol–water partition coefficient (Wildman–Crippen LogP) is 5.91. The number of rotatable bonds is 8. The Morgan fingerprint density at radius 1 is 0.818 bits per heavy atom. The number of fused-ring (bicyclic) bond motifs is 1. The van der Waals surface area contributed by atoms with Gasteiger partial charge in [-0.05, 0) is 23.6 Å². The number of hydrogen-bond acceptors (Lipinski definition) is 2. The molecule has 0 radical (unpaired) electrons. The van der Waals surface area contributed by atoms with Crippen molar-refractivity contribution in [3.05, 3.63) is 102 Å². The van der Waals surface area contributed by atoms with Crippen LogP contribution in [0.5, 0.6) is 0 Å². The molecule has 0 bridgehead atoms. The molecule has 1 heterocycles. The highest BCUT2D eigenvalue weighted by atomic mass is 19.4. The molecule has 7 heteroatoms. The Bertz CT molecular complexity index is 1160. The van der Waals surface area contributed by atoms with Gasteiger partial charge in [-0.2, -0.15) is 13.2 Å². The maximum atomic E-state index is 12.9. The molecule has 2 N–H and O–H groups in total. The molecule has 0 saturated carbocycles. The van der Waals surface area contributed by atoms with Crippen molar-refractivity contribution in [3.8, 4) is 0 Å². The number of hydrogen-bond donors (Lipinski definition) is 2. The second-order valence-corrected chi connectivity index (χ2v) is 7.91. The van der Waals surface area contributed by atoms with Crippen LogP contribution in [-0.2, 0) is 24.3 Å². The topological polar surface area (TPSA) is 48.1 Å². The number of nitrogens with one attached hydrogen (secondary N) is 2. The molecule has 0 fully saturated rings. The number of amides is 1. The largest absolute Gasteiger partial charge is 0.471 e. The summed E-state index contributed by atoms with van der Waals surface area (Å²) in [4.78, 5) is 16.8. The number of carbonyl (C=O) groups is 1. The average Bonchev–Trinajstić information content (AvgIpc) is 3.15. The van der Waals surface area contributed by atoms with Crippen molar-refractivity contribution in [2.45, 2.75) is 25.7 Å². The first-order chi connectivity index (χ1) is 15.9. The third-order valence-electron chi connectivity index (χ3n) is 5.49. The molecule has 0 aliphatic heterocycles. The number of halogens is 3. The van der Waals surface area contributed by atoms with Crippen molar-refractivity contribution < 1.29 is 18.0 Å². The fourth-order valence-corrected chi connectivity index (χ4v) is 3.92. The van der Waals surface area contributed by atoms with Crippen LogP contribution in [0.4, 0.5) is 19.0 Å². The van der Waals surface area contributed by atoms with E-state index in [9.17, 15) is 18.0 Å². The number of alkyl halides is 3. The van der Waals surface area contributed by atoms with Crippen molar-refractivity contribution in [1.82, 2.24) is 9.88 Å². The van der Waals surface area contributed by atoms with Gasteiger partial charge in [-0.3, -0.25) is 9.69 Å². The number of carbonyl (C=O) groups excluding carboxylic acids is 1. The van der Waals surface area contributed by atoms with E-state index >= 15 is 0 Å². The number of para-hydroxylation sites is 1. The number of aromatic nitrogens is 1. The van der Waals surface area contributed by atoms with E-state index in [1.54, 1.807) is 12.1 Å². The van der Waals surface area contributed by atoms with Gasteiger partial charge in [0.15, 0.2) is 0 Å². The lowest BCUT2D eigenvalue weighted by molar-refractivity contribution is -0.167. The summed E-state index contributed by atoms with van der Waals surface area (Å²) in [5.74, 6) is -1.89. The van der Waals surface area contributed by atoms with E-state index in [4.69, 9.17) is 0 Å². The molecule has 0 unspecified atom stereocenters. The van der Waals surface area contributed by atoms with E-state index < -0.39 is 12.1 Å². The van der Waals surface area contributed by atoms with Gasteiger partial charge < -0.3 is 10.3 Å². The molecule has 170 valence electrons. The summed E-state index contributed by atoms with van der Waals surface area (Å²) in [7, 11) is 0. The third kappa shape index (κ3) is 5.81. The molecule has 0 aliphatic carbocycles. The van der Waals surface area contributed by atoms with Gasteiger partial charge in [-0.25, -0.2) is 0 Å². The van der Waals surface area contributed by atoms with Crippen LogP contribution in [0.15, 0.2) is 84.9 Å². The Labute approximate surface area is 190 Å². The van der Waals surface area contributed by atoms with Crippen LogP contribution in [0, 0.1) is 0 Å². The van der Waals surface area contributed by atoms with Gasteiger partial charge in [0.25, 0.3) is 0 Å². The first-order valence-corrected chi connectivity index (χ1v) is 10.7. The summed E-state index contributed by atoms with van der Waals surface area (Å²) in [5, 5.41) is 2.83. The van der Waals surface area contributed by atoms with Crippen LogP contribution in [0.2, 0.25) is 0 Å². The third-order valence-corrected chi connectivity index (χ3v) is 5.49. The van der Waals surface area contributed by atoms with E-state index in [-0.39, 0.29) is 5.82 Å². The van der Waals surface area contributed by atoms with E-state index in [1.807, 2.05) is 53.8 Å². The molecular formula is C26H24F3N3O. The quantitative estimate of drug-likeness (QED) is 0.350. The van der Waals surface area contributed by atoms with Crippen molar-refractivity contribution in [1.29, 1.82) is 0 Å². The Morgan fingerprint density at radius 3 is 1.94 bits per heavy atom. The molecule has 3 aromatic carbocycles. The Morgan fingerprint density at radius 2 is 1.36 bits per heavy atom. The molecule has 0 atom stereocenters. The summed E-state index contributed by atoms with van der Waals surface area (Å²) < 4.78 is 38.7. The number of aromatic amines is 1. The zero-order chi connectivity index (χ0) is 23.3. The molecule has 1 aromatic heterocycles. The van der Waals surface area contributed by atoms with E-state index in [0.29, 0.717) is 37.1 Å². The van der Waals surface area contributed by atoms with Crippen LogP contribution in [0.25, 0.3) is 10.9 Å². The van der Waals surface area contributed by atoms with Crippen LogP contribution in [0.3, 0.4) is 0 Å². The molecule has 33 heavy (non-hydrogen) atoms. The fraction of sp³-hybridized carbons (Fsp3) is 0.192.